The first-order chi connectivity index (χ1) is 11.7. The molecule has 1 N–H and O–H groups in total. The summed E-state index contributed by atoms with van der Waals surface area (Å²) in [6.45, 7) is 0.540. The Morgan fingerprint density at radius 1 is 1.04 bits per heavy atom. The van der Waals surface area contributed by atoms with Crippen LogP contribution in [0.25, 0.3) is 0 Å². The SMILES string of the molecule is O=C(c1ccc(Br)o1)N1CC(c2ccccc2)Nc2ccccc21. The van der Waals surface area contributed by atoms with Crippen molar-refractivity contribution in [3.8, 4) is 0 Å². The molecule has 0 fully saturated rings. The number of anilines is 2. The fourth-order valence-corrected chi connectivity index (χ4v) is 3.28. The lowest BCUT2D eigenvalue weighted by atomic mass is 10.0. The molecule has 1 atom stereocenters. The summed E-state index contributed by atoms with van der Waals surface area (Å²) in [5.74, 6) is 0.181. The number of benzene rings is 2. The van der Waals surface area contributed by atoms with Gasteiger partial charge in [-0.2, -0.15) is 0 Å². The predicted octanol–water partition coefficient (Wildman–Crippen LogP) is 4.86. The zero-order valence-corrected chi connectivity index (χ0v) is 14.4. The summed E-state index contributed by atoms with van der Waals surface area (Å²) in [6, 6.07) is 21.4. The Labute approximate surface area is 148 Å². The van der Waals surface area contributed by atoms with Crippen LogP contribution in [0.3, 0.4) is 0 Å². The molecule has 1 aliphatic heterocycles. The zero-order chi connectivity index (χ0) is 16.5. The largest absolute Gasteiger partial charge is 0.444 e. The van der Waals surface area contributed by atoms with E-state index in [9.17, 15) is 4.79 Å². The highest BCUT2D eigenvalue weighted by atomic mass is 79.9. The summed E-state index contributed by atoms with van der Waals surface area (Å²) in [6.07, 6.45) is 0. The summed E-state index contributed by atoms with van der Waals surface area (Å²) in [4.78, 5) is 14.7. The van der Waals surface area contributed by atoms with Gasteiger partial charge in [-0.3, -0.25) is 4.79 Å². The van der Waals surface area contributed by atoms with E-state index in [1.807, 2.05) is 42.5 Å². The average Bonchev–Trinajstić information content (AvgIpc) is 3.07. The molecule has 0 bridgehead atoms. The van der Waals surface area contributed by atoms with Gasteiger partial charge >= 0.3 is 0 Å². The van der Waals surface area contributed by atoms with E-state index in [-0.39, 0.29) is 11.9 Å². The van der Waals surface area contributed by atoms with E-state index in [4.69, 9.17) is 4.42 Å². The molecule has 1 amide bonds. The monoisotopic (exact) mass is 382 g/mol. The van der Waals surface area contributed by atoms with Crippen LogP contribution < -0.4 is 10.2 Å². The quantitative estimate of drug-likeness (QED) is 0.688. The maximum atomic E-state index is 12.9. The number of amides is 1. The Morgan fingerprint density at radius 2 is 1.79 bits per heavy atom. The second-order valence-electron chi connectivity index (χ2n) is 5.64. The van der Waals surface area contributed by atoms with Crippen molar-refractivity contribution in [2.24, 2.45) is 0 Å². The highest BCUT2D eigenvalue weighted by Crippen LogP contribution is 2.36. The van der Waals surface area contributed by atoms with Gasteiger partial charge < -0.3 is 14.6 Å². The molecule has 24 heavy (non-hydrogen) atoms. The van der Waals surface area contributed by atoms with Gasteiger partial charge in [-0.15, -0.1) is 0 Å². The number of para-hydroxylation sites is 2. The zero-order valence-electron chi connectivity index (χ0n) is 12.8. The van der Waals surface area contributed by atoms with Gasteiger partial charge in [-0.05, 0) is 45.8 Å². The molecule has 1 aliphatic rings. The van der Waals surface area contributed by atoms with Crippen LogP contribution in [0.2, 0.25) is 0 Å². The van der Waals surface area contributed by atoms with Gasteiger partial charge in [-0.1, -0.05) is 42.5 Å². The summed E-state index contributed by atoms with van der Waals surface area (Å²) in [5, 5.41) is 3.52. The topological polar surface area (TPSA) is 45.5 Å². The Morgan fingerprint density at radius 3 is 2.54 bits per heavy atom. The number of rotatable bonds is 2. The number of halogens is 1. The maximum absolute atomic E-state index is 12.9. The molecule has 1 aromatic heterocycles. The van der Waals surface area contributed by atoms with E-state index in [2.05, 4.69) is 33.4 Å². The van der Waals surface area contributed by atoms with Crippen molar-refractivity contribution in [2.75, 3.05) is 16.8 Å². The lowest BCUT2D eigenvalue weighted by molar-refractivity contribution is 0.0957. The van der Waals surface area contributed by atoms with E-state index in [0.29, 0.717) is 17.0 Å². The summed E-state index contributed by atoms with van der Waals surface area (Å²) < 4.78 is 6.01. The number of nitrogens with zero attached hydrogens (tertiary/aromatic N) is 1. The molecule has 0 aliphatic carbocycles. The Bertz CT molecular complexity index is 876. The fraction of sp³-hybridized carbons (Fsp3) is 0.105. The highest BCUT2D eigenvalue weighted by Gasteiger charge is 2.30. The van der Waals surface area contributed by atoms with Crippen molar-refractivity contribution in [3.05, 3.63) is 82.7 Å². The van der Waals surface area contributed by atoms with Gasteiger partial charge in [0.15, 0.2) is 10.4 Å². The van der Waals surface area contributed by atoms with Gasteiger partial charge in [0.2, 0.25) is 0 Å². The molecule has 4 nitrogen and oxygen atoms in total. The van der Waals surface area contributed by atoms with Gasteiger partial charge in [-0.25, -0.2) is 0 Å². The van der Waals surface area contributed by atoms with E-state index in [1.165, 1.54) is 0 Å². The third kappa shape index (κ3) is 2.71. The minimum absolute atomic E-state index is 0.0310. The minimum atomic E-state index is -0.143. The van der Waals surface area contributed by atoms with Gasteiger partial charge in [0.25, 0.3) is 5.91 Å². The fourth-order valence-electron chi connectivity index (χ4n) is 2.97. The van der Waals surface area contributed by atoms with E-state index in [0.717, 1.165) is 16.9 Å². The normalized spacial score (nSPS) is 16.4. The second kappa shape index (κ2) is 6.17. The van der Waals surface area contributed by atoms with E-state index in [1.54, 1.807) is 17.0 Å². The van der Waals surface area contributed by atoms with Crippen LogP contribution in [0.5, 0.6) is 0 Å². The molecule has 0 saturated heterocycles. The summed E-state index contributed by atoms with van der Waals surface area (Å²) in [7, 11) is 0. The van der Waals surface area contributed by atoms with Gasteiger partial charge in [0, 0.05) is 0 Å². The van der Waals surface area contributed by atoms with Crippen LogP contribution in [-0.4, -0.2) is 12.5 Å². The second-order valence-corrected chi connectivity index (χ2v) is 6.43. The van der Waals surface area contributed by atoms with Crippen LogP contribution >= 0.6 is 15.9 Å². The van der Waals surface area contributed by atoms with Crippen molar-refractivity contribution in [1.29, 1.82) is 0 Å². The number of carbonyl (C=O) groups excluding carboxylic acids is 1. The minimum Gasteiger partial charge on any atom is -0.444 e. The van der Waals surface area contributed by atoms with Crippen LogP contribution in [0.1, 0.15) is 22.2 Å². The number of hydrogen-bond donors (Lipinski definition) is 1. The van der Waals surface area contributed by atoms with Gasteiger partial charge in [0.05, 0.1) is 24.0 Å². The lowest BCUT2D eigenvalue weighted by Crippen LogP contribution is -2.40. The van der Waals surface area contributed by atoms with Crippen molar-refractivity contribution in [2.45, 2.75) is 6.04 Å². The maximum Gasteiger partial charge on any atom is 0.294 e. The molecule has 3 aromatic rings. The molecule has 4 rings (SSSR count). The molecule has 120 valence electrons. The number of carbonyl (C=O) groups is 1. The van der Waals surface area contributed by atoms with Crippen LogP contribution in [0.15, 0.2) is 75.8 Å². The lowest BCUT2D eigenvalue weighted by Gasteiger charge is -2.35. The Balaban J connectivity index is 1.73. The van der Waals surface area contributed by atoms with Crippen molar-refractivity contribution in [3.63, 3.8) is 0 Å². The van der Waals surface area contributed by atoms with Crippen LogP contribution in [-0.2, 0) is 0 Å². The predicted molar refractivity (Wildman–Crippen MR) is 97.3 cm³/mol. The average molecular weight is 383 g/mol. The van der Waals surface area contributed by atoms with Gasteiger partial charge in [0.1, 0.15) is 0 Å². The molecular weight excluding hydrogens is 368 g/mol. The Kier molecular flexibility index (Phi) is 3.86. The van der Waals surface area contributed by atoms with Crippen LogP contribution in [0.4, 0.5) is 11.4 Å². The first kappa shape index (κ1) is 15.0. The van der Waals surface area contributed by atoms with E-state index < -0.39 is 0 Å². The van der Waals surface area contributed by atoms with Crippen molar-refractivity contribution >= 4 is 33.2 Å². The Hall–Kier alpha value is -2.53. The van der Waals surface area contributed by atoms with Crippen molar-refractivity contribution in [1.82, 2.24) is 0 Å². The highest BCUT2D eigenvalue weighted by molar-refractivity contribution is 9.10. The molecule has 0 saturated carbocycles. The molecule has 1 unspecified atom stereocenters. The van der Waals surface area contributed by atoms with E-state index >= 15 is 0 Å². The summed E-state index contributed by atoms with van der Waals surface area (Å²) in [5.41, 5.74) is 2.95. The van der Waals surface area contributed by atoms with Crippen LogP contribution in [0, 0.1) is 0 Å². The molecule has 5 heteroatoms. The molecule has 0 radical (unpaired) electrons. The number of nitrogens with one attached hydrogen (secondary N) is 1. The molecule has 0 spiro atoms. The molecular formula is C19H15BrN2O2. The molecule has 2 heterocycles. The molecule has 2 aromatic carbocycles. The third-order valence-electron chi connectivity index (χ3n) is 4.12. The first-order valence-electron chi connectivity index (χ1n) is 7.70. The third-order valence-corrected chi connectivity index (χ3v) is 4.55. The van der Waals surface area contributed by atoms with Crippen molar-refractivity contribution < 1.29 is 9.21 Å². The summed E-state index contributed by atoms with van der Waals surface area (Å²) >= 11 is 3.26. The standard InChI is InChI=1S/C19H15BrN2O2/c20-18-11-10-17(24-18)19(23)22-12-15(13-6-2-1-3-7-13)21-14-8-4-5-9-16(14)22/h1-11,15,21H,12H2. The number of fused-ring (bicyclic) bond motifs is 1. The smallest absolute Gasteiger partial charge is 0.294 e. The number of hydrogen-bond acceptors (Lipinski definition) is 3. The number of furan rings is 1. The first-order valence-corrected chi connectivity index (χ1v) is 8.49.